The van der Waals surface area contributed by atoms with Gasteiger partial charge in [-0.05, 0) is 37.8 Å². The van der Waals surface area contributed by atoms with Gasteiger partial charge in [-0.15, -0.1) is 0 Å². The number of rotatable bonds is 6. The normalized spacial score (nSPS) is 17.1. The summed E-state index contributed by atoms with van der Waals surface area (Å²) in [5.41, 5.74) is 1.68. The van der Waals surface area contributed by atoms with Gasteiger partial charge in [0.2, 0.25) is 5.82 Å². The minimum Gasteiger partial charge on any atom is -0.370 e. The molecule has 1 unspecified atom stereocenters. The second-order valence-electron chi connectivity index (χ2n) is 6.50. The van der Waals surface area contributed by atoms with Crippen molar-refractivity contribution in [3.8, 4) is 0 Å². The van der Waals surface area contributed by atoms with Crippen molar-refractivity contribution in [3.63, 3.8) is 0 Å². The third kappa shape index (κ3) is 3.57. The van der Waals surface area contributed by atoms with Crippen LogP contribution in [0.3, 0.4) is 0 Å². The van der Waals surface area contributed by atoms with Crippen molar-refractivity contribution in [1.82, 2.24) is 14.8 Å². The van der Waals surface area contributed by atoms with E-state index in [-0.39, 0.29) is 10.6 Å². The summed E-state index contributed by atoms with van der Waals surface area (Å²) in [5.74, 6) is 1.91. The average molecular weight is 344 g/mol. The van der Waals surface area contributed by atoms with Crippen molar-refractivity contribution in [1.29, 1.82) is 0 Å². The molecule has 1 fully saturated rings. The Bertz CT molecular complexity index is 772. The van der Waals surface area contributed by atoms with E-state index in [0.29, 0.717) is 23.9 Å². The van der Waals surface area contributed by atoms with Crippen LogP contribution < -0.4 is 10.2 Å². The van der Waals surface area contributed by atoms with Crippen LogP contribution in [-0.4, -0.2) is 39.3 Å². The number of anilines is 2. The molecule has 1 aliphatic rings. The van der Waals surface area contributed by atoms with Crippen LogP contribution in [0.5, 0.6) is 0 Å². The van der Waals surface area contributed by atoms with Crippen LogP contribution in [0.25, 0.3) is 0 Å². The molecule has 1 N–H and O–H groups in total. The first-order chi connectivity index (χ1) is 12.0. The zero-order valence-corrected chi connectivity index (χ0v) is 14.9. The molecule has 134 valence electrons. The molecule has 1 aliphatic heterocycles. The Balaban J connectivity index is 1.69. The minimum atomic E-state index is -0.302. The lowest BCUT2D eigenvalue weighted by Gasteiger charge is -2.18. The monoisotopic (exact) mass is 344 g/mol. The summed E-state index contributed by atoms with van der Waals surface area (Å²) in [7, 11) is 1.78. The fourth-order valence-corrected chi connectivity index (χ4v) is 3.42. The lowest BCUT2D eigenvalue weighted by molar-refractivity contribution is -0.384. The molecule has 0 aliphatic carbocycles. The summed E-state index contributed by atoms with van der Waals surface area (Å²) in [6, 6.07) is 5.91. The molecule has 3 heterocycles. The minimum absolute atomic E-state index is 0.152. The van der Waals surface area contributed by atoms with Crippen LogP contribution >= 0.6 is 0 Å². The van der Waals surface area contributed by atoms with Gasteiger partial charge in [0.1, 0.15) is 11.5 Å². The van der Waals surface area contributed by atoms with E-state index in [0.717, 1.165) is 37.6 Å². The van der Waals surface area contributed by atoms with Crippen LogP contribution in [0.15, 0.2) is 18.2 Å². The Labute approximate surface area is 147 Å². The van der Waals surface area contributed by atoms with E-state index in [9.17, 15) is 10.1 Å². The number of nitrogens with zero attached hydrogens (tertiary/aromatic N) is 5. The van der Waals surface area contributed by atoms with Gasteiger partial charge in [0.05, 0.1) is 4.92 Å². The van der Waals surface area contributed by atoms with Gasteiger partial charge in [-0.3, -0.25) is 10.1 Å². The van der Waals surface area contributed by atoms with E-state index in [2.05, 4.69) is 20.3 Å². The highest BCUT2D eigenvalue weighted by molar-refractivity contribution is 5.62. The van der Waals surface area contributed by atoms with Crippen LogP contribution in [0.2, 0.25) is 0 Å². The van der Waals surface area contributed by atoms with Crippen molar-refractivity contribution in [3.05, 3.63) is 39.7 Å². The van der Waals surface area contributed by atoms with Gasteiger partial charge < -0.3 is 10.2 Å². The molecule has 2 aromatic heterocycles. The number of aryl methyl sites for hydroxylation is 3. The lowest BCUT2D eigenvalue weighted by Crippen LogP contribution is -2.25. The highest BCUT2D eigenvalue weighted by Crippen LogP contribution is 2.34. The van der Waals surface area contributed by atoms with Crippen molar-refractivity contribution in [2.24, 2.45) is 13.0 Å². The van der Waals surface area contributed by atoms with E-state index < -0.39 is 0 Å². The molecule has 2 aromatic rings. The quantitative estimate of drug-likeness (QED) is 0.640. The van der Waals surface area contributed by atoms with Crippen LogP contribution in [0.4, 0.5) is 17.3 Å². The van der Waals surface area contributed by atoms with Crippen molar-refractivity contribution in [2.45, 2.75) is 26.7 Å². The molecule has 0 spiro atoms. The van der Waals surface area contributed by atoms with E-state index >= 15 is 0 Å². The number of hydrogen-bond donors (Lipinski definition) is 1. The average Bonchev–Trinajstić information content (AvgIpc) is 3.16. The number of nitrogens with one attached hydrogen (secondary N) is 1. The molecule has 8 heteroatoms. The van der Waals surface area contributed by atoms with Crippen LogP contribution in [0, 0.1) is 23.0 Å². The fourth-order valence-electron chi connectivity index (χ4n) is 3.42. The standard InChI is InChI=1S/C17H24N6O2/c1-4-14-16(23(24)25)17(21(3)20-14)22-9-8-13(11-22)10-18-15-7-5-6-12(2)19-15/h5-7,13H,4,8-11H2,1-3H3,(H,18,19). The summed E-state index contributed by atoms with van der Waals surface area (Å²) in [4.78, 5) is 17.7. The van der Waals surface area contributed by atoms with Gasteiger partial charge >= 0.3 is 5.69 Å². The van der Waals surface area contributed by atoms with E-state index in [1.807, 2.05) is 32.0 Å². The Morgan fingerprint density at radius 1 is 1.44 bits per heavy atom. The topological polar surface area (TPSA) is 89.1 Å². The summed E-state index contributed by atoms with van der Waals surface area (Å²) < 4.78 is 1.65. The maximum atomic E-state index is 11.5. The Kier molecular flexibility index (Phi) is 4.87. The number of hydrogen-bond acceptors (Lipinski definition) is 6. The molecule has 0 saturated carbocycles. The lowest BCUT2D eigenvalue weighted by atomic mass is 10.1. The number of aromatic nitrogens is 3. The van der Waals surface area contributed by atoms with E-state index in [1.165, 1.54) is 0 Å². The van der Waals surface area contributed by atoms with Gasteiger partial charge in [-0.2, -0.15) is 5.10 Å². The van der Waals surface area contributed by atoms with Gasteiger partial charge in [0.25, 0.3) is 0 Å². The second-order valence-corrected chi connectivity index (χ2v) is 6.50. The first-order valence-electron chi connectivity index (χ1n) is 8.62. The van der Waals surface area contributed by atoms with Gasteiger partial charge in [-0.1, -0.05) is 13.0 Å². The molecular weight excluding hydrogens is 320 g/mol. The third-order valence-corrected chi connectivity index (χ3v) is 4.63. The molecule has 0 aromatic carbocycles. The zero-order chi connectivity index (χ0) is 18.0. The van der Waals surface area contributed by atoms with Crippen molar-refractivity contribution < 1.29 is 4.92 Å². The molecular formula is C17H24N6O2. The molecule has 0 radical (unpaired) electrons. The number of pyridine rings is 1. The molecule has 8 nitrogen and oxygen atoms in total. The Morgan fingerprint density at radius 2 is 2.24 bits per heavy atom. The molecule has 25 heavy (non-hydrogen) atoms. The second kappa shape index (κ2) is 7.08. The molecule has 1 saturated heterocycles. The molecule has 0 bridgehead atoms. The van der Waals surface area contributed by atoms with E-state index in [1.54, 1.807) is 11.7 Å². The van der Waals surface area contributed by atoms with Gasteiger partial charge in [0.15, 0.2) is 0 Å². The third-order valence-electron chi connectivity index (χ3n) is 4.63. The first-order valence-corrected chi connectivity index (χ1v) is 8.62. The van der Waals surface area contributed by atoms with Crippen LogP contribution in [-0.2, 0) is 13.5 Å². The van der Waals surface area contributed by atoms with Gasteiger partial charge in [-0.25, -0.2) is 9.67 Å². The van der Waals surface area contributed by atoms with E-state index in [4.69, 9.17) is 0 Å². The zero-order valence-electron chi connectivity index (χ0n) is 14.9. The Hall–Kier alpha value is -2.64. The summed E-state index contributed by atoms with van der Waals surface area (Å²) in [6.07, 6.45) is 1.55. The first kappa shape index (κ1) is 17.2. The maximum absolute atomic E-state index is 11.5. The maximum Gasteiger partial charge on any atom is 0.334 e. The fraction of sp³-hybridized carbons (Fsp3) is 0.529. The predicted octanol–water partition coefficient (Wildman–Crippen LogP) is 2.53. The highest BCUT2D eigenvalue weighted by Gasteiger charge is 2.33. The smallest absolute Gasteiger partial charge is 0.334 e. The Morgan fingerprint density at radius 3 is 2.92 bits per heavy atom. The molecule has 3 rings (SSSR count). The largest absolute Gasteiger partial charge is 0.370 e. The van der Waals surface area contributed by atoms with Gasteiger partial charge in [0, 0.05) is 32.4 Å². The van der Waals surface area contributed by atoms with Crippen molar-refractivity contribution in [2.75, 3.05) is 29.9 Å². The summed E-state index contributed by atoms with van der Waals surface area (Å²) in [5, 5.41) is 19.2. The SMILES string of the molecule is CCc1nn(C)c(N2CCC(CNc3cccc(C)n3)C2)c1[N+](=O)[O-]. The highest BCUT2D eigenvalue weighted by atomic mass is 16.6. The molecule has 0 amide bonds. The predicted molar refractivity (Wildman–Crippen MR) is 97.0 cm³/mol. The van der Waals surface area contributed by atoms with Crippen molar-refractivity contribution >= 4 is 17.3 Å². The van der Waals surface area contributed by atoms with Crippen LogP contribution in [0.1, 0.15) is 24.7 Å². The molecule has 1 atom stereocenters. The summed E-state index contributed by atoms with van der Waals surface area (Å²) >= 11 is 0. The summed E-state index contributed by atoms with van der Waals surface area (Å²) in [6.45, 7) is 6.25. The number of nitro groups is 1.